The highest BCUT2D eigenvalue weighted by Crippen LogP contribution is 2.00. The van der Waals surface area contributed by atoms with Crippen molar-refractivity contribution < 1.29 is 0 Å². The Kier molecular flexibility index (Phi) is 4.03. The molecule has 17 heavy (non-hydrogen) atoms. The van der Waals surface area contributed by atoms with Crippen LogP contribution in [0.4, 0.5) is 0 Å². The summed E-state index contributed by atoms with van der Waals surface area (Å²) in [5.74, 6) is 1.33. The highest BCUT2D eigenvalue weighted by Gasteiger charge is 2.07. The minimum atomic E-state index is 0.530. The molecule has 0 aliphatic carbocycles. The van der Waals surface area contributed by atoms with Crippen molar-refractivity contribution in [3.05, 3.63) is 17.7 Å². The lowest BCUT2D eigenvalue weighted by molar-refractivity contribution is 0.526. The van der Waals surface area contributed by atoms with Gasteiger partial charge in [0.15, 0.2) is 5.82 Å². The number of aromatic nitrogens is 7. The zero-order valence-corrected chi connectivity index (χ0v) is 10.4. The van der Waals surface area contributed by atoms with Gasteiger partial charge in [0, 0.05) is 25.0 Å². The fraction of sp³-hybridized carbons (Fsp3) is 0.667. The van der Waals surface area contributed by atoms with E-state index in [2.05, 4.69) is 32.8 Å². The molecule has 0 N–H and O–H groups in total. The van der Waals surface area contributed by atoms with E-state index in [9.17, 15) is 0 Å². The lowest BCUT2D eigenvalue weighted by atomic mass is 10.4. The van der Waals surface area contributed by atoms with Crippen LogP contribution >= 0.6 is 11.6 Å². The fourth-order valence-corrected chi connectivity index (χ4v) is 1.69. The maximum Gasteiger partial charge on any atom is 0.172 e. The zero-order chi connectivity index (χ0) is 12.1. The van der Waals surface area contributed by atoms with Crippen LogP contribution in [0.1, 0.15) is 24.9 Å². The van der Waals surface area contributed by atoms with Crippen molar-refractivity contribution in [2.24, 2.45) is 0 Å². The van der Waals surface area contributed by atoms with E-state index in [0.717, 1.165) is 30.9 Å². The Labute approximate surface area is 104 Å². The number of alkyl halides is 1. The van der Waals surface area contributed by atoms with Crippen LogP contribution in [-0.4, -0.2) is 41.1 Å². The van der Waals surface area contributed by atoms with E-state index in [1.807, 2.05) is 6.20 Å². The first kappa shape index (κ1) is 12.0. The van der Waals surface area contributed by atoms with Crippen LogP contribution in [0.15, 0.2) is 6.20 Å². The summed E-state index contributed by atoms with van der Waals surface area (Å²) >= 11 is 5.64. The molecule has 0 atom stereocenters. The van der Waals surface area contributed by atoms with Gasteiger partial charge in [-0.3, -0.25) is 0 Å². The number of aryl methyl sites for hydroxylation is 2. The topological polar surface area (TPSA) is 74.3 Å². The third-order valence-electron chi connectivity index (χ3n) is 2.28. The van der Waals surface area contributed by atoms with Gasteiger partial charge in [-0.2, -0.15) is 0 Å². The third-order valence-corrected chi connectivity index (χ3v) is 2.47. The second kappa shape index (κ2) is 5.72. The number of tetrazole rings is 1. The lowest BCUT2D eigenvalue weighted by Crippen LogP contribution is -2.10. The molecule has 92 valence electrons. The highest BCUT2D eigenvalue weighted by atomic mass is 35.5. The van der Waals surface area contributed by atoms with Crippen LogP contribution in [0.5, 0.6) is 0 Å². The van der Waals surface area contributed by atoms with Crippen molar-refractivity contribution in [3.8, 4) is 0 Å². The number of hydrogen-bond donors (Lipinski definition) is 0. The van der Waals surface area contributed by atoms with Crippen LogP contribution in [-0.2, 0) is 19.5 Å². The molecule has 2 heterocycles. The summed E-state index contributed by atoms with van der Waals surface area (Å²) in [6, 6.07) is 0. The smallest absolute Gasteiger partial charge is 0.172 e. The Morgan fingerprint density at radius 3 is 2.94 bits per heavy atom. The summed E-state index contributed by atoms with van der Waals surface area (Å²) in [6.07, 6.45) is 3.59. The van der Waals surface area contributed by atoms with Crippen LogP contribution < -0.4 is 0 Å². The van der Waals surface area contributed by atoms with E-state index in [1.165, 1.54) is 0 Å². The number of hydrogen-bond acceptors (Lipinski definition) is 5. The zero-order valence-electron chi connectivity index (χ0n) is 9.62. The summed E-state index contributed by atoms with van der Waals surface area (Å²) in [6.45, 7) is 3.42. The molecule has 0 saturated carbocycles. The van der Waals surface area contributed by atoms with Crippen molar-refractivity contribution in [2.45, 2.75) is 32.9 Å². The van der Waals surface area contributed by atoms with Gasteiger partial charge in [0.05, 0.1) is 5.69 Å². The van der Waals surface area contributed by atoms with Gasteiger partial charge in [-0.25, -0.2) is 9.36 Å². The maximum absolute atomic E-state index is 5.64. The van der Waals surface area contributed by atoms with Crippen LogP contribution in [0, 0.1) is 0 Å². The van der Waals surface area contributed by atoms with E-state index in [0.29, 0.717) is 12.4 Å². The van der Waals surface area contributed by atoms with Gasteiger partial charge in [-0.1, -0.05) is 12.1 Å². The van der Waals surface area contributed by atoms with Crippen molar-refractivity contribution >= 4 is 11.6 Å². The average molecular weight is 256 g/mol. The molecule has 0 aromatic carbocycles. The summed E-state index contributed by atoms with van der Waals surface area (Å²) in [7, 11) is 0. The average Bonchev–Trinajstić information content (AvgIpc) is 2.91. The molecule has 0 saturated heterocycles. The molecular formula is C9H14ClN7. The van der Waals surface area contributed by atoms with E-state index in [-0.39, 0.29) is 0 Å². The minimum Gasteiger partial charge on any atom is -0.245 e. The Morgan fingerprint density at radius 1 is 1.29 bits per heavy atom. The normalized spacial score (nSPS) is 10.9. The molecule has 0 amide bonds. The number of halogens is 1. The van der Waals surface area contributed by atoms with Crippen LogP contribution in [0.3, 0.4) is 0 Å². The van der Waals surface area contributed by atoms with Gasteiger partial charge in [-0.15, -0.1) is 21.8 Å². The SMILES string of the molecule is CCCn1nnnc1Cn1cc(CCCl)nn1. The molecule has 0 unspecified atom stereocenters. The molecule has 0 spiro atoms. The molecule has 2 aromatic heterocycles. The van der Waals surface area contributed by atoms with Crippen molar-refractivity contribution in [1.29, 1.82) is 0 Å². The van der Waals surface area contributed by atoms with Gasteiger partial charge >= 0.3 is 0 Å². The molecule has 2 rings (SSSR count). The first-order valence-electron chi connectivity index (χ1n) is 5.53. The molecule has 0 aliphatic rings. The Bertz CT molecular complexity index is 463. The summed E-state index contributed by atoms with van der Waals surface area (Å²) < 4.78 is 3.50. The van der Waals surface area contributed by atoms with Gasteiger partial charge in [0.2, 0.25) is 0 Å². The Hall–Kier alpha value is -1.50. The first-order valence-corrected chi connectivity index (χ1v) is 6.07. The molecule has 8 heteroatoms. The Morgan fingerprint density at radius 2 is 2.18 bits per heavy atom. The molecule has 0 aliphatic heterocycles. The maximum atomic E-state index is 5.64. The molecule has 0 radical (unpaired) electrons. The third kappa shape index (κ3) is 3.00. The number of nitrogens with zero attached hydrogens (tertiary/aromatic N) is 7. The molecule has 0 bridgehead atoms. The monoisotopic (exact) mass is 255 g/mol. The van der Waals surface area contributed by atoms with E-state index in [4.69, 9.17) is 11.6 Å². The van der Waals surface area contributed by atoms with Gasteiger partial charge in [-0.05, 0) is 16.8 Å². The quantitative estimate of drug-likeness (QED) is 0.703. The molecular weight excluding hydrogens is 242 g/mol. The summed E-state index contributed by atoms with van der Waals surface area (Å²) in [5.41, 5.74) is 0.884. The van der Waals surface area contributed by atoms with Gasteiger partial charge in [0.25, 0.3) is 0 Å². The fourth-order valence-electron chi connectivity index (χ4n) is 1.49. The standard InChI is InChI=1S/C9H14ClN7/c1-2-5-17-9(12-13-15-17)7-16-6-8(3-4-10)11-14-16/h6H,2-5,7H2,1H3. The van der Waals surface area contributed by atoms with Crippen molar-refractivity contribution in [3.63, 3.8) is 0 Å². The number of rotatable bonds is 6. The van der Waals surface area contributed by atoms with E-state index >= 15 is 0 Å². The van der Waals surface area contributed by atoms with Crippen molar-refractivity contribution in [2.75, 3.05) is 5.88 Å². The predicted molar refractivity (Wildman–Crippen MR) is 61.7 cm³/mol. The summed E-state index contributed by atoms with van der Waals surface area (Å²) in [5, 5.41) is 19.6. The molecule has 0 fully saturated rings. The largest absolute Gasteiger partial charge is 0.245 e. The lowest BCUT2D eigenvalue weighted by Gasteiger charge is -2.01. The van der Waals surface area contributed by atoms with Crippen molar-refractivity contribution in [1.82, 2.24) is 35.2 Å². The second-order valence-corrected chi connectivity index (χ2v) is 4.04. The predicted octanol–water partition coefficient (Wildman–Crippen LogP) is 0.504. The first-order chi connectivity index (χ1) is 8.33. The van der Waals surface area contributed by atoms with E-state index < -0.39 is 0 Å². The second-order valence-electron chi connectivity index (χ2n) is 3.66. The molecule has 7 nitrogen and oxygen atoms in total. The van der Waals surface area contributed by atoms with Gasteiger partial charge in [0.1, 0.15) is 6.54 Å². The van der Waals surface area contributed by atoms with Crippen LogP contribution in [0.2, 0.25) is 0 Å². The minimum absolute atomic E-state index is 0.530. The highest BCUT2D eigenvalue weighted by molar-refractivity contribution is 6.17. The Balaban J connectivity index is 2.05. The molecule has 2 aromatic rings. The van der Waals surface area contributed by atoms with E-state index in [1.54, 1.807) is 9.36 Å². The van der Waals surface area contributed by atoms with Gasteiger partial charge < -0.3 is 0 Å². The van der Waals surface area contributed by atoms with Crippen LogP contribution in [0.25, 0.3) is 0 Å². The summed E-state index contributed by atoms with van der Waals surface area (Å²) in [4.78, 5) is 0.